The highest BCUT2D eigenvalue weighted by molar-refractivity contribution is 5.42. The van der Waals surface area contributed by atoms with E-state index in [4.69, 9.17) is 8.94 Å². The number of furan rings is 1. The molecule has 3 heterocycles. The van der Waals surface area contributed by atoms with Crippen molar-refractivity contribution >= 4 is 0 Å². The Morgan fingerprint density at radius 3 is 3.05 bits per heavy atom. The standard InChI is InChI=1S/C15H22N4O2/c1-11(2)19(9-12-5-3-7-16-12)10-14-17-15(21-18-14)13-6-4-8-20-13/h4,6,8,11-12,16H,3,5,7,9-10H2,1-2H3. The fraction of sp³-hybridized carbons (Fsp3) is 0.600. The molecule has 1 fully saturated rings. The molecule has 1 saturated heterocycles. The molecule has 1 N–H and O–H groups in total. The molecule has 2 aromatic rings. The Kier molecular flexibility index (Phi) is 4.36. The first-order valence-corrected chi connectivity index (χ1v) is 7.56. The zero-order valence-electron chi connectivity index (χ0n) is 12.6. The van der Waals surface area contributed by atoms with E-state index in [9.17, 15) is 0 Å². The third-order valence-electron chi connectivity index (χ3n) is 3.89. The van der Waals surface area contributed by atoms with Crippen molar-refractivity contribution in [3.8, 4) is 11.7 Å². The van der Waals surface area contributed by atoms with E-state index in [1.807, 2.05) is 12.1 Å². The van der Waals surface area contributed by atoms with Gasteiger partial charge < -0.3 is 14.3 Å². The van der Waals surface area contributed by atoms with Gasteiger partial charge >= 0.3 is 0 Å². The number of rotatable bonds is 6. The Labute approximate surface area is 124 Å². The van der Waals surface area contributed by atoms with Crippen LogP contribution < -0.4 is 5.32 Å². The first-order valence-electron chi connectivity index (χ1n) is 7.56. The van der Waals surface area contributed by atoms with Crippen molar-refractivity contribution in [2.75, 3.05) is 13.1 Å². The van der Waals surface area contributed by atoms with Gasteiger partial charge in [-0.2, -0.15) is 4.98 Å². The quantitative estimate of drug-likeness (QED) is 0.880. The van der Waals surface area contributed by atoms with Gasteiger partial charge in [-0.3, -0.25) is 4.90 Å². The molecule has 3 rings (SSSR count). The van der Waals surface area contributed by atoms with Gasteiger partial charge in [-0.1, -0.05) is 5.16 Å². The van der Waals surface area contributed by atoms with Crippen LogP contribution in [0.2, 0.25) is 0 Å². The predicted molar refractivity (Wildman–Crippen MR) is 78.6 cm³/mol. The molecule has 0 aliphatic carbocycles. The van der Waals surface area contributed by atoms with Crippen molar-refractivity contribution in [2.45, 2.75) is 45.3 Å². The highest BCUT2D eigenvalue weighted by Crippen LogP contribution is 2.18. The third-order valence-corrected chi connectivity index (χ3v) is 3.89. The number of nitrogens with one attached hydrogen (secondary N) is 1. The monoisotopic (exact) mass is 290 g/mol. The molecular formula is C15H22N4O2. The molecule has 0 radical (unpaired) electrons. The molecule has 114 valence electrons. The van der Waals surface area contributed by atoms with Crippen LogP contribution in [0.5, 0.6) is 0 Å². The summed E-state index contributed by atoms with van der Waals surface area (Å²) in [4.78, 5) is 6.79. The van der Waals surface area contributed by atoms with Crippen LogP contribution in [0.4, 0.5) is 0 Å². The summed E-state index contributed by atoms with van der Waals surface area (Å²) in [7, 11) is 0. The Morgan fingerprint density at radius 2 is 2.38 bits per heavy atom. The third kappa shape index (κ3) is 3.51. The number of hydrogen-bond donors (Lipinski definition) is 1. The van der Waals surface area contributed by atoms with E-state index in [-0.39, 0.29) is 0 Å². The molecule has 1 atom stereocenters. The van der Waals surface area contributed by atoms with Gasteiger partial charge in [0.2, 0.25) is 0 Å². The van der Waals surface area contributed by atoms with Gasteiger partial charge in [-0.05, 0) is 45.4 Å². The van der Waals surface area contributed by atoms with Crippen molar-refractivity contribution in [1.82, 2.24) is 20.4 Å². The van der Waals surface area contributed by atoms with Crippen molar-refractivity contribution in [3.63, 3.8) is 0 Å². The van der Waals surface area contributed by atoms with E-state index in [0.29, 0.717) is 36.1 Å². The van der Waals surface area contributed by atoms with Crippen LogP contribution in [0.3, 0.4) is 0 Å². The van der Waals surface area contributed by atoms with Crippen LogP contribution in [0.25, 0.3) is 11.7 Å². The summed E-state index contributed by atoms with van der Waals surface area (Å²) in [6.45, 7) is 7.23. The largest absolute Gasteiger partial charge is 0.459 e. The van der Waals surface area contributed by atoms with Crippen LogP contribution >= 0.6 is 0 Å². The minimum atomic E-state index is 0.442. The fourth-order valence-electron chi connectivity index (χ4n) is 2.65. The average molecular weight is 290 g/mol. The van der Waals surface area contributed by atoms with Gasteiger partial charge in [-0.25, -0.2) is 0 Å². The van der Waals surface area contributed by atoms with Gasteiger partial charge in [0.25, 0.3) is 5.89 Å². The summed E-state index contributed by atoms with van der Waals surface area (Å²) in [5.41, 5.74) is 0. The molecule has 1 unspecified atom stereocenters. The van der Waals surface area contributed by atoms with E-state index < -0.39 is 0 Å². The van der Waals surface area contributed by atoms with Crippen LogP contribution in [0.15, 0.2) is 27.3 Å². The maximum Gasteiger partial charge on any atom is 0.293 e. The summed E-state index contributed by atoms with van der Waals surface area (Å²) >= 11 is 0. The van der Waals surface area contributed by atoms with E-state index >= 15 is 0 Å². The molecule has 0 bridgehead atoms. The molecule has 0 saturated carbocycles. The Hall–Kier alpha value is -1.66. The second-order valence-corrected chi connectivity index (χ2v) is 5.81. The van der Waals surface area contributed by atoms with E-state index in [2.05, 4.69) is 34.2 Å². The molecule has 21 heavy (non-hydrogen) atoms. The minimum absolute atomic E-state index is 0.442. The first-order chi connectivity index (χ1) is 10.2. The zero-order chi connectivity index (χ0) is 14.7. The van der Waals surface area contributed by atoms with E-state index in [0.717, 1.165) is 13.1 Å². The van der Waals surface area contributed by atoms with Gasteiger partial charge in [0.05, 0.1) is 12.8 Å². The maximum absolute atomic E-state index is 5.27. The van der Waals surface area contributed by atoms with E-state index in [1.54, 1.807) is 6.26 Å². The molecule has 2 aromatic heterocycles. The van der Waals surface area contributed by atoms with Crippen molar-refractivity contribution in [3.05, 3.63) is 24.2 Å². The zero-order valence-corrected chi connectivity index (χ0v) is 12.6. The molecular weight excluding hydrogens is 268 g/mol. The lowest BCUT2D eigenvalue weighted by atomic mass is 10.2. The average Bonchev–Trinajstić information content (AvgIpc) is 3.20. The van der Waals surface area contributed by atoms with Crippen LogP contribution in [0.1, 0.15) is 32.5 Å². The highest BCUT2D eigenvalue weighted by Gasteiger charge is 2.21. The van der Waals surface area contributed by atoms with Crippen molar-refractivity contribution in [1.29, 1.82) is 0 Å². The smallest absolute Gasteiger partial charge is 0.293 e. The Morgan fingerprint density at radius 1 is 1.48 bits per heavy atom. The first kappa shape index (κ1) is 14.3. The van der Waals surface area contributed by atoms with Gasteiger partial charge in [0.1, 0.15) is 0 Å². The Bertz CT molecular complexity index is 544. The topological polar surface area (TPSA) is 67.3 Å². The number of hydrogen-bond acceptors (Lipinski definition) is 6. The summed E-state index contributed by atoms with van der Waals surface area (Å²) in [6.07, 6.45) is 4.11. The normalized spacial score (nSPS) is 19.0. The molecule has 0 spiro atoms. The van der Waals surface area contributed by atoms with Crippen molar-refractivity contribution < 1.29 is 8.94 Å². The van der Waals surface area contributed by atoms with Crippen LogP contribution in [-0.4, -0.2) is 40.2 Å². The van der Waals surface area contributed by atoms with Crippen molar-refractivity contribution in [2.24, 2.45) is 0 Å². The fourth-order valence-corrected chi connectivity index (χ4v) is 2.65. The summed E-state index contributed by atoms with van der Waals surface area (Å²) in [5.74, 6) is 1.76. The predicted octanol–water partition coefficient (Wildman–Crippen LogP) is 2.29. The van der Waals surface area contributed by atoms with Gasteiger partial charge in [0.15, 0.2) is 11.6 Å². The SMILES string of the molecule is CC(C)N(Cc1noc(-c2ccco2)n1)CC1CCCN1. The lowest BCUT2D eigenvalue weighted by molar-refractivity contribution is 0.187. The molecule has 1 aliphatic rings. The second-order valence-electron chi connectivity index (χ2n) is 5.81. The van der Waals surface area contributed by atoms with E-state index in [1.165, 1.54) is 12.8 Å². The molecule has 1 aliphatic heterocycles. The minimum Gasteiger partial charge on any atom is -0.459 e. The summed E-state index contributed by atoms with van der Waals surface area (Å²) in [6, 6.07) is 4.65. The van der Waals surface area contributed by atoms with Crippen LogP contribution in [-0.2, 0) is 6.54 Å². The highest BCUT2D eigenvalue weighted by atomic mass is 16.5. The number of nitrogens with zero attached hydrogens (tertiary/aromatic N) is 3. The molecule has 0 amide bonds. The summed E-state index contributed by atoms with van der Waals surface area (Å²) in [5, 5.41) is 7.60. The lowest BCUT2D eigenvalue weighted by Crippen LogP contribution is -2.41. The van der Waals surface area contributed by atoms with Crippen LogP contribution in [0, 0.1) is 0 Å². The van der Waals surface area contributed by atoms with Gasteiger partial charge in [0, 0.05) is 18.6 Å². The Balaban J connectivity index is 1.65. The van der Waals surface area contributed by atoms with Gasteiger partial charge in [-0.15, -0.1) is 0 Å². The lowest BCUT2D eigenvalue weighted by Gasteiger charge is -2.27. The molecule has 6 heteroatoms. The number of aromatic nitrogens is 2. The molecule has 6 nitrogen and oxygen atoms in total. The maximum atomic E-state index is 5.27. The second kappa shape index (κ2) is 6.41. The molecule has 0 aromatic carbocycles. The summed E-state index contributed by atoms with van der Waals surface area (Å²) < 4.78 is 10.5.